The van der Waals surface area contributed by atoms with E-state index in [1.54, 1.807) is 12.3 Å². The fraction of sp³-hybridized carbons (Fsp3) is 0.286. The first kappa shape index (κ1) is 14.9. The highest BCUT2D eigenvalue weighted by atomic mass is 35.5. The molecule has 0 aliphatic rings. The van der Waals surface area contributed by atoms with E-state index < -0.39 is 0 Å². The molecule has 0 fully saturated rings. The summed E-state index contributed by atoms with van der Waals surface area (Å²) in [6, 6.07) is 3.66. The smallest absolute Gasteiger partial charge is 0.164 e. The lowest BCUT2D eigenvalue weighted by Gasteiger charge is -2.09. The maximum atomic E-state index is 11.7. The number of ketones is 1. The summed E-state index contributed by atoms with van der Waals surface area (Å²) in [7, 11) is 0. The maximum absolute atomic E-state index is 11.7. The molecule has 104 valence electrons. The third kappa shape index (κ3) is 3.55. The molecule has 0 aliphatic carbocycles. The largest absolute Gasteiger partial charge is 0.294 e. The Balaban J connectivity index is 2.24. The predicted molar refractivity (Wildman–Crippen MR) is 80.3 cm³/mol. The van der Waals surface area contributed by atoms with E-state index in [9.17, 15) is 4.79 Å². The molecular weight excluding hydrogens is 294 g/mol. The molecule has 2 rings (SSSR count). The van der Waals surface area contributed by atoms with Gasteiger partial charge >= 0.3 is 0 Å². The van der Waals surface area contributed by atoms with Crippen LogP contribution < -0.4 is 0 Å². The average Bonchev–Trinajstić information content (AvgIpc) is 2.36. The molecule has 2 aromatic heterocycles. The third-order valence-electron chi connectivity index (χ3n) is 2.67. The molecule has 0 atom stereocenters. The number of pyridine rings is 1. The van der Waals surface area contributed by atoms with E-state index in [1.165, 1.54) is 18.7 Å². The van der Waals surface area contributed by atoms with Crippen molar-refractivity contribution in [1.29, 1.82) is 0 Å². The lowest BCUT2D eigenvalue weighted by molar-refractivity contribution is 0.101. The van der Waals surface area contributed by atoms with Crippen molar-refractivity contribution in [3.8, 4) is 0 Å². The summed E-state index contributed by atoms with van der Waals surface area (Å²) in [5.74, 6) is 1.28. The van der Waals surface area contributed by atoms with E-state index in [0.717, 1.165) is 11.4 Å². The lowest BCUT2D eigenvalue weighted by Crippen LogP contribution is -2.06. The minimum absolute atomic E-state index is 0.0194. The van der Waals surface area contributed by atoms with E-state index in [2.05, 4.69) is 15.0 Å². The molecule has 0 aromatic carbocycles. The summed E-state index contributed by atoms with van der Waals surface area (Å²) in [5, 5.41) is 1.32. The summed E-state index contributed by atoms with van der Waals surface area (Å²) in [6.07, 6.45) is 1.61. The Morgan fingerprint density at radius 3 is 2.65 bits per heavy atom. The summed E-state index contributed by atoms with van der Waals surface area (Å²) >= 11 is 7.29. The van der Waals surface area contributed by atoms with Gasteiger partial charge in [-0.15, -0.1) is 0 Å². The summed E-state index contributed by atoms with van der Waals surface area (Å²) < 4.78 is 0. The summed E-state index contributed by atoms with van der Waals surface area (Å²) in [5.41, 5.74) is 2.20. The number of hydrogen-bond donors (Lipinski definition) is 0. The van der Waals surface area contributed by atoms with Crippen LogP contribution in [0.5, 0.6) is 0 Å². The molecule has 0 unspecified atom stereocenters. The quantitative estimate of drug-likeness (QED) is 0.490. The van der Waals surface area contributed by atoms with Crippen molar-refractivity contribution < 1.29 is 4.79 Å². The zero-order valence-corrected chi connectivity index (χ0v) is 13.0. The van der Waals surface area contributed by atoms with Gasteiger partial charge in [-0.25, -0.2) is 9.97 Å². The molecule has 0 spiro atoms. The van der Waals surface area contributed by atoms with Crippen molar-refractivity contribution in [2.75, 3.05) is 0 Å². The zero-order valence-electron chi connectivity index (χ0n) is 11.5. The van der Waals surface area contributed by atoms with Crippen LogP contribution in [0.4, 0.5) is 0 Å². The third-order valence-corrected chi connectivity index (χ3v) is 3.90. The Hall–Kier alpha value is -1.46. The highest BCUT2D eigenvalue weighted by molar-refractivity contribution is 7.98. The van der Waals surface area contributed by atoms with Crippen LogP contribution in [0.15, 0.2) is 23.4 Å². The Kier molecular flexibility index (Phi) is 4.73. The van der Waals surface area contributed by atoms with Crippen LogP contribution in [0.1, 0.15) is 34.5 Å². The van der Waals surface area contributed by atoms with Gasteiger partial charge in [0, 0.05) is 11.9 Å². The van der Waals surface area contributed by atoms with Gasteiger partial charge in [0.1, 0.15) is 10.9 Å². The Morgan fingerprint density at radius 2 is 2.05 bits per heavy atom. The van der Waals surface area contributed by atoms with Crippen LogP contribution >= 0.6 is 23.4 Å². The van der Waals surface area contributed by atoms with E-state index >= 15 is 0 Å². The minimum atomic E-state index is -0.0194. The number of nitrogens with zero attached hydrogens (tertiary/aromatic N) is 3. The van der Waals surface area contributed by atoms with Gasteiger partial charge in [0.25, 0.3) is 0 Å². The normalized spacial score (nSPS) is 10.6. The average molecular weight is 308 g/mol. The van der Waals surface area contributed by atoms with Crippen molar-refractivity contribution in [2.45, 2.75) is 31.6 Å². The van der Waals surface area contributed by atoms with Crippen LogP contribution in [0.2, 0.25) is 5.02 Å². The second-order valence-electron chi connectivity index (χ2n) is 4.35. The molecule has 6 heteroatoms. The number of carbonyl (C=O) groups is 1. The number of hydrogen-bond acceptors (Lipinski definition) is 5. The van der Waals surface area contributed by atoms with Crippen molar-refractivity contribution >= 4 is 29.1 Å². The fourth-order valence-corrected chi connectivity index (χ4v) is 3.02. The van der Waals surface area contributed by atoms with E-state index in [1.807, 2.05) is 19.9 Å². The van der Waals surface area contributed by atoms with Gasteiger partial charge in [0.15, 0.2) is 5.78 Å². The van der Waals surface area contributed by atoms with Crippen molar-refractivity contribution in [1.82, 2.24) is 15.0 Å². The standard InChI is InChI=1S/C14H14ClN3OS/c1-8-13(9(2)19)14(18-10(3)17-8)20-7-12-5-4-11(15)6-16-12/h4-6H,7H2,1-3H3. The number of aromatic nitrogens is 3. The SMILES string of the molecule is CC(=O)c1c(C)nc(C)nc1SCc1ccc(Cl)cn1. The Labute approximate surface area is 127 Å². The van der Waals surface area contributed by atoms with Gasteiger partial charge in [-0.2, -0.15) is 0 Å². The number of rotatable bonds is 4. The molecule has 0 N–H and O–H groups in total. The Bertz CT molecular complexity index is 644. The predicted octanol–water partition coefficient (Wildman–Crippen LogP) is 3.64. The van der Waals surface area contributed by atoms with Gasteiger partial charge in [0.05, 0.1) is 22.0 Å². The number of thioether (sulfide) groups is 1. The second-order valence-corrected chi connectivity index (χ2v) is 5.75. The monoisotopic (exact) mass is 307 g/mol. The number of Topliss-reactive ketones (excluding diaryl/α,β-unsaturated/α-hetero) is 1. The van der Waals surface area contributed by atoms with Crippen LogP contribution in [0, 0.1) is 13.8 Å². The molecular formula is C14H14ClN3OS. The summed E-state index contributed by atoms with van der Waals surface area (Å²) in [6.45, 7) is 5.18. The lowest BCUT2D eigenvalue weighted by atomic mass is 10.2. The minimum Gasteiger partial charge on any atom is -0.294 e. The first-order valence-corrected chi connectivity index (χ1v) is 7.43. The molecule has 0 saturated carbocycles. The van der Waals surface area contributed by atoms with Crippen LogP contribution in [-0.2, 0) is 5.75 Å². The second kappa shape index (κ2) is 6.33. The van der Waals surface area contributed by atoms with Gasteiger partial charge < -0.3 is 0 Å². The van der Waals surface area contributed by atoms with Crippen LogP contribution in [-0.4, -0.2) is 20.7 Å². The first-order valence-electron chi connectivity index (χ1n) is 6.07. The van der Waals surface area contributed by atoms with Gasteiger partial charge in [-0.3, -0.25) is 9.78 Å². The molecule has 0 bridgehead atoms. The van der Waals surface area contributed by atoms with Crippen LogP contribution in [0.3, 0.4) is 0 Å². The van der Waals surface area contributed by atoms with Gasteiger partial charge in [0.2, 0.25) is 0 Å². The van der Waals surface area contributed by atoms with Crippen molar-refractivity contribution in [2.24, 2.45) is 0 Å². The molecule has 0 saturated heterocycles. The Morgan fingerprint density at radius 1 is 1.30 bits per heavy atom. The zero-order chi connectivity index (χ0) is 14.7. The molecule has 2 heterocycles. The molecule has 20 heavy (non-hydrogen) atoms. The first-order chi connectivity index (χ1) is 9.47. The number of aryl methyl sites for hydroxylation is 2. The summed E-state index contributed by atoms with van der Waals surface area (Å²) in [4.78, 5) is 24.6. The van der Waals surface area contributed by atoms with Gasteiger partial charge in [-0.1, -0.05) is 23.4 Å². The fourth-order valence-electron chi connectivity index (χ4n) is 1.83. The highest BCUT2D eigenvalue weighted by Crippen LogP contribution is 2.26. The molecule has 0 amide bonds. The topological polar surface area (TPSA) is 55.7 Å². The molecule has 0 aliphatic heterocycles. The van der Waals surface area contributed by atoms with Gasteiger partial charge in [-0.05, 0) is 32.9 Å². The highest BCUT2D eigenvalue weighted by Gasteiger charge is 2.15. The molecule has 0 radical (unpaired) electrons. The number of carbonyl (C=O) groups excluding carboxylic acids is 1. The molecule has 4 nitrogen and oxygen atoms in total. The molecule has 2 aromatic rings. The van der Waals surface area contributed by atoms with Crippen molar-refractivity contribution in [3.05, 3.63) is 46.1 Å². The number of halogens is 1. The maximum Gasteiger partial charge on any atom is 0.164 e. The van der Waals surface area contributed by atoms with Crippen molar-refractivity contribution in [3.63, 3.8) is 0 Å². The van der Waals surface area contributed by atoms with E-state index in [-0.39, 0.29) is 5.78 Å². The van der Waals surface area contributed by atoms with E-state index in [0.29, 0.717) is 27.2 Å². The van der Waals surface area contributed by atoms with E-state index in [4.69, 9.17) is 11.6 Å². The van der Waals surface area contributed by atoms with Crippen LogP contribution in [0.25, 0.3) is 0 Å².